The van der Waals surface area contributed by atoms with Gasteiger partial charge < -0.3 is 0 Å². The second-order valence-corrected chi connectivity index (χ2v) is 4.05. The van der Waals surface area contributed by atoms with Crippen molar-refractivity contribution in [3.63, 3.8) is 0 Å². The summed E-state index contributed by atoms with van der Waals surface area (Å²) in [7, 11) is 0. The molecule has 0 N–H and O–H groups in total. The summed E-state index contributed by atoms with van der Waals surface area (Å²) in [6.07, 6.45) is 0. The maximum Gasteiger partial charge on any atom is 0.446 e. The Hall–Kier alpha value is -0.710. The second-order valence-electron chi connectivity index (χ2n) is 2.94. The van der Waals surface area contributed by atoms with Crippen molar-refractivity contribution in [2.24, 2.45) is 0 Å². The molecule has 0 atom stereocenters. The van der Waals surface area contributed by atoms with E-state index in [9.17, 15) is 17.6 Å². The van der Waals surface area contributed by atoms with Crippen LogP contribution in [0.5, 0.6) is 0 Å². The van der Waals surface area contributed by atoms with Crippen LogP contribution >= 0.6 is 11.8 Å². The molecule has 1 rings (SSSR count). The Labute approximate surface area is 83.3 Å². The van der Waals surface area contributed by atoms with Gasteiger partial charge in [-0.3, -0.25) is 0 Å². The van der Waals surface area contributed by atoms with Crippen molar-refractivity contribution in [2.45, 2.75) is 24.3 Å². The number of hydrogen-bond acceptors (Lipinski definition) is 1. The number of halogens is 4. The van der Waals surface area contributed by atoms with Crippen molar-refractivity contribution in [1.82, 2.24) is 0 Å². The van der Waals surface area contributed by atoms with E-state index in [1.165, 1.54) is 19.1 Å². The topological polar surface area (TPSA) is 0 Å². The Balaban J connectivity index is 3.09. The van der Waals surface area contributed by atoms with Gasteiger partial charge in [-0.2, -0.15) is 13.2 Å². The van der Waals surface area contributed by atoms with Gasteiger partial charge in [0.15, 0.2) is 0 Å². The Bertz CT molecular complexity index is 343. The molecule has 0 saturated carbocycles. The molecule has 0 bridgehead atoms. The monoisotopic (exact) mass is 224 g/mol. The van der Waals surface area contributed by atoms with Gasteiger partial charge in [-0.15, -0.1) is 0 Å². The minimum absolute atomic E-state index is 0.233. The Kier molecular flexibility index (Phi) is 3.09. The van der Waals surface area contributed by atoms with E-state index < -0.39 is 23.1 Å². The second kappa shape index (κ2) is 3.81. The fourth-order valence-electron chi connectivity index (χ4n) is 1.11. The average molecular weight is 224 g/mol. The van der Waals surface area contributed by atoms with Gasteiger partial charge in [0.1, 0.15) is 5.82 Å². The number of benzene rings is 1. The number of alkyl halides is 3. The quantitative estimate of drug-likeness (QED) is 0.512. The highest BCUT2D eigenvalue weighted by molar-refractivity contribution is 8.00. The summed E-state index contributed by atoms with van der Waals surface area (Å²) in [6.45, 7) is 3.08. The molecule has 0 aliphatic heterocycles. The van der Waals surface area contributed by atoms with Crippen molar-refractivity contribution in [1.29, 1.82) is 0 Å². The first-order valence-corrected chi connectivity index (χ1v) is 4.64. The first-order valence-electron chi connectivity index (χ1n) is 3.82. The van der Waals surface area contributed by atoms with Gasteiger partial charge in [-0.1, -0.05) is 6.07 Å². The third kappa shape index (κ3) is 2.90. The maximum atomic E-state index is 13.2. The molecule has 1 aromatic carbocycles. The van der Waals surface area contributed by atoms with Crippen LogP contribution in [0.3, 0.4) is 0 Å². The minimum atomic E-state index is -4.44. The summed E-state index contributed by atoms with van der Waals surface area (Å²) in [5, 5.41) is 0. The summed E-state index contributed by atoms with van der Waals surface area (Å²) < 4.78 is 49.1. The van der Waals surface area contributed by atoms with Crippen LogP contribution in [0.2, 0.25) is 0 Å². The van der Waals surface area contributed by atoms with E-state index >= 15 is 0 Å². The molecule has 0 nitrogen and oxygen atoms in total. The molecular weight excluding hydrogens is 216 g/mol. The summed E-state index contributed by atoms with van der Waals surface area (Å²) >= 11 is -0.419. The molecule has 0 fully saturated rings. The highest BCUT2D eigenvalue weighted by Crippen LogP contribution is 2.39. The van der Waals surface area contributed by atoms with Crippen LogP contribution in [0.1, 0.15) is 11.1 Å². The molecule has 78 valence electrons. The van der Waals surface area contributed by atoms with Crippen LogP contribution in [-0.2, 0) is 0 Å². The predicted molar refractivity (Wildman–Crippen MR) is 47.8 cm³/mol. The van der Waals surface area contributed by atoms with Crippen molar-refractivity contribution in [3.05, 3.63) is 29.1 Å². The number of rotatable bonds is 1. The molecule has 0 radical (unpaired) electrons. The standard InChI is InChI=1S/C9H8F4S/c1-5-3-6(2)8(10)7(4-5)14-9(11,12)13/h3-4H,1-2H3. The molecule has 0 aromatic heterocycles. The minimum Gasteiger partial charge on any atom is -0.205 e. The van der Waals surface area contributed by atoms with Crippen LogP contribution in [0.4, 0.5) is 17.6 Å². The van der Waals surface area contributed by atoms with E-state index in [2.05, 4.69) is 0 Å². The third-order valence-corrected chi connectivity index (χ3v) is 2.34. The van der Waals surface area contributed by atoms with Gasteiger partial charge in [0.2, 0.25) is 0 Å². The molecule has 0 spiro atoms. The predicted octanol–water partition coefficient (Wildman–Crippen LogP) is 4.05. The van der Waals surface area contributed by atoms with Crippen molar-refractivity contribution < 1.29 is 17.6 Å². The van der Waals surface area contributed by atoms with Gasteiger partial charge in [0.25, 0.3) is 0 Å². The van der Waals surface area contributed by atoms with E-state index in [1.54, 1.807) is 6.92 Å². The Morgan fingerprint density at radius 1 is 1.14 bits per heavy atom. The SMILES string of the molecule is Cc1cc(C)c(F)c(SC(F)(F)F)c1. The average Bonchev–Trinajstić information content (AvgIpc) is 1.96. The number of hydrogen-bond donors (Lipinski definition) is 0. The first-order chi connectivity index (χ1) is 6.29. The lowest BCUT2D eigenvalue weighted by Gasteiger charge is -2.09. The van der Waals surface area contributed by atoms with Crippen molar-refractivity contribution >= 4 is 11.8 Å². The first kappa shape index (κ1) is 11.4. The number of thioether (sulfide) groups is 1. The number of aryl methyl sites for hydroxylation is 2. The van der Waals surface area contributed by atoms with Crippen LogP contribution in [0.25, 0.3) is 0 Å². The van der Waals surface area contributed by atoms with Gasteiger partial charge in [0, 0.05) is 0 Å². The molecule has 1 aromatic rings. The zero-order valence-electron chi connectivity index (χ0n) is 7.57. The molecule has 5 heteroatoms. The van der Waals surface area contributed by atoms with Crippen LogP contribution in [0, 0.1) is 19.7 Å². The van der Waals surface area contributed by atoms with E-state index in [-0.39, 0.29) is 10.5 Å². The largest absolute Gasteiger partial charge is 0.446 e. The molecule has 0 saturated heterocycles. The molecule has 0 aliphatic rings. The van der Waals surface area contributed by atoms with E-state index in [0.717, 1.165) is 0 Å². The van der Waals surface area contributed by atoms with Crippen LogP contribution < -0.4 is 0 Å². The van der Waals surface area contributed by atoms with E-state index in [0.29, 0.717) is 5.56 Å². The zero-order valence-corrected chi connectivity index (χ0v) is 8.39. The Morgan fingerprint density at radius 2 is 1.71 bits per heavy atom. The van der Waals surface area contributed by atoms with Crippen LogP contribution in [-0.4, -0.2) is 5.51 Å². The summed E-state index contributed by atoms with van der Waals surface area (Å²) in [5.74, 6) is -0.794. The normalized spacial score (nSPS) is 11.9. The molecule has 0 unspecified atom stereocenters. The summed E-state index contributed by atoms with van der Waals surface area (Å²) in [6, 6.07) is 2.70. The zero-order chi connectivity index (χ0) is 10.9. The van der Waals surface area contributed by atoms with Crippen LogP contribution in [0.15, 0.2) is 17.0 Å². The molecule has 0 heterocycles. The highest BCUT2D eigenvalue weighted by atomic mass is 32.2. The molecular formula is C9H8F4S. The van der Waals surface area contributed by atoms with E-state index in [1.807, 2.05) is 0 Å². The summed E-state index contributed by atoms with van der Waals surface area (Å²) in [5.41, 5.74) is -3.59. The van der Waals surface area contributed by atoms with E-state index in [4.69, 9.17) is 0 Å². The molecule has 0 aliphatic carbocycles. The fourth-order valence-corrected chi connectivity index (χ4v) is 1.85. The van der Waals surface area contributed by atoms with Gasteiger partial charge in [-0.25, -0.2) is 4.39 Å². The fraction of sp³-hybridized carbons (Fsp3) is 0.333. The van der Waals surface area contributed by atoms with Crippen molar-refractivity contribution in [3.8, 4) is 0 Å². The molecule has 0 amide bonds. The third-order valence-electron chi connectivity index (χ3n) is 1.59. The molecule has 14 heavy (non-hydrogen) atoms. The van der Waals surface area contributed by atoms with Crippen molar-refractivity contribution in [2.75, 3.05) is 0 Å². The highest BCUT2D eigenvalue weighted by Gasteiger charge is 2.31. The van der Waals surface area contributed by atoms with Gasteiger partial charge >= 0.3 is 5.51 Å². The van der Waals surface area contributed by atoms with Gasteiger partial charge in [-0.05, 0) is 42.8 Å². The maximum absolute atomic E-state index is 13.2. The lowest BCUT2D eigenvalue weighted by Crippen LogP contribution is -2.01. The van der Waals surface area contributed by atoms with Gasteiger partial charge in [0.05, 0.1) is 4.90 Å². The smallest absolute Gasteiger partial charge is 0.205 e. The summed E-state index contributed by atoms with van der Waals surface area (Å²) in [4.78, 5) is -0.366. The lowest BCUT2D eigenvalue weighted by atomic mass is 10.1. The lowest BCUT2D eigenvalue weighted by molar-refractivity contribution is -0.0329. The Morgan fingerprint density at radius 3 is 2.21 bits per heavy atom.